The second-order valence-corrected chi connectivity index (χ2v) is 5.47. The molecule has 0 saturated carbocycles. The Morgan fingerprint density at radius 2 is 1.95 bits per heavy atom. The highest BCUT2D eigenvalue weighted by atomic mass is 19.1. The van der Waals surface area contributed by atoms with Crippen LogP contribution in [0.1, 0.15) is 41.2 Å². The van der Waals surface area contributed by atoms with Gasteiger partial charge in [0.15, 0.2) is 0 Å². The molecule has 1 fully saturated rings. The molecule has 1 aliphatic rings. The molecule has 2 aromatic rings. The number of piperidine rings is 1. The minimum absolute atomic E-state index is 0.110. The number of pyridine rings is 1. The first-order valence-corrected chi connectivity index (χ1v) is 7.41. The van der Waals surface area contributed by atoms with Crippen LogP contribution in [0.3, 0.4) is 0 Å². The first-order valence-electron chi connectivity index (χ1n) is 7.41. The van der Waals surface area contributed by atoms with Crippen LogP contribution in [-0.4, -0.2) is 22.3 Å². The average Bonchev–Trinajstić information content (AvgIpc) is 2.55. The second-order valence-electron chi connectivity index (χ2n) is 5.47. The summed E-state index contributed by atoms with van der Waals surface area (Å²) >= 11 is 0. The largest absolute Gasteiger partial charge is 0.331 e. The van der Waals surface area contributed by atoms with Crippen molar-refractivity contribution in [1.29, 1.82) is 0 Å². The molecule has 1 atom stereocenters. The summed E-state index contributed by atoms with van der Waals surface area (Å²) < 4.78 is 13.1. The topological polar surface area (TPSA) is 53.2 Å². The van der Waals surface area contributed by atoms with Crippen LogP contribution < -0.4 is 5.56 Å². The summed E-state index contributed by atoms with van der Waals surface area (Å²) in [6.07, 6.45) is 4.25. The normalized spacial score (nSPS) is 18.2. The van der Waals surface area contributed by atoms with Crippen molar-refractivity contribution in [3.05, 3.63) is 69.9 Å². The Kier molecular flexibility index (Phi) is 4.04. The fraction of sp³-hybridized carbons (Fsp3) is 0.294. The van der Waals surface area contributed by atoms with Crippen LogP contribution in [0.15, 0.2) is 47.4 Å². The zero-order valence-corrected chi connectivity index (χ0v) is 12.1. The van der Waals surface area contributed by atoms with E-state index in [1.807, 2.05) is 0 Å². The molecule has 22 heavy (non-hydrogen) atoms. The summed E-state index contributed by atoms with van der Waals surface area (Å²) in [6, 6.07) is 9.30. The molecule has 1 amide bonds. The molecule has 0 radical (unpaired) electrons. The van der Waals surface area contributed by atoms with E-state index in [4.69, 9.17) is 0 Å². The monoisotopic (exact) mass is 300 g/mol. The lowest BCUT2D eigenvalue weighted by atomic mass is 9.94. The van der Waals surface area contributed by atoms with Gasteiger partial charge in [-0.25, -0.2) is 4.39 Å². The van der Waals surface area contributed by atoms with Crippen molar-refractivity contribution >= 4 is 5.91 Å². The number of hydrogen-bond acceptors (Lipinski definition) is 2. The number of nitrogens with zero attached hydrogens (tertiary/aromatic N) is 1. The molecule has 5 heteroatoms. The van der Waals surface area contributed by atoms with Crippen LogP contribution in [0, 0.1) is 5.82 Å². The van der Waals surface area contributed by atoms with Crippen LogP contribution in [-0.2, 0) is 0 Å². The SMILES string of the molecule is O=C(c1ccc[nH]c1=O)N1CCCC[C@@H]1c1ccc(F)cc1. The van der Waals surface area contributed by atoms with E-state index in [-0.39, 0.29) is 28.9 Å². The van der Waals surface area contributed by atoms with Gasteiger partial charge in [0.05, 0.1) is 6.04 Å². The van der Waals surface area contributed by atoms with Crippen molar-refractivity contribution in [2.45, 2.75) is 25.3 Å². The molecule has 1 saturated heterocycles. The number of rotatable bonds is 2. The number of aromatic amines is 1. The molecular weight excluding hydrogens is 283 g/mol. The summed E-state index contributed by atoms with van der Waals surface area (Å²) in [6.45, 7) is 0.606. The highest BCUT2D eigenvalue weighted by Gasteiger charge is 2.29. The van der Waals surface area contributed by atoms with Crippen molar-refractivity contribution in [2.75, 3.05) is 6.54 Å². The summed E-state index contributed by atoms with van der Waals surface area (Å²) in [4.78, 5) is 28.8. The Balaban J connectivity index is 1.93. The van der Waals surface area contributed by atoms with E-state index in [2.05, 4.69) is 4.98 Å². The molecule has 1 aromatic carbocycles. The zero-order valence-electron chi connectivity index (χ0n) is 12.1. The third kappa shape index (κ3) is 2.79. The number of carbonyl (C=O) groups excluding carboxylic acids is 1. The number of hydrogen-bond donors (Lipinski definition) is 1. The van der Waals surface area contributed by atoms with Crippen molar-refractivity contribution in [2.24, 2.45) is 0 Å². The van der Waals surface area contributed by atoms with Gasteiger partial charge in [0.1, 0.15) is 11.4 Å². The Bertz CT molecular complexity index is 724. The third-order valence-corrected chi connectivity index (χ3v) is 4.07. The quantitative estimate of drug-likeness (QED) is 0.927. The summed E-state index contributed by atoms with van der Waals surface area (Å²) in [5.74, 6) is -0.562. The zero-order chi connectivity index (χ0) is 15.5. The van der Waals surface area contributed by atoms with Crippen LogP contribution >= 0.6 is 0 Å². The van der Waals surface area contributed by atoms with Gasteiger partial charge in [-0.15, -0.1) is 0 Å². The van der Waals surface area contributed by atoms with Gasteiger partial charge < -0.3 is 9.88 Å². The number of benzene rings is 1. The van der Waals surface area contributed by atoms with Crippen LogP contribution in [0.5, 0.6) is 0 Å². The lowest BCUT2D eigenvalue weighted by Gasteiger charge is -2.36. The fourth-order valence-corrected chi connectivity index (χ4v) is 2.95. The molecule has 1 aromatic heterocycles. The van der Waals surface area contributed by atoms with Crippen molar-refractivity contribution in [3.63, 3.8) is 0 Å². The molecule has 0 unspecified atom stereocenters. The van der Waals surface area contributed by atoms with Gasteiger partial charge in [-0.2, -0.15) is 0 Å². The van der Waals surface area contributed by atoms with Gasteiger partial charge in [-0.3, -0.25) is 9.59 Å². The number of aromatic nitrogens is 1. The molecule has 0 aliphatic carbocycles. The van der Waals surface area contributed by atoms with Crippen LogP contribution in [0.4, 0.5) is 4.39 Å². The summed E-state index contributed by atoms with van der Waals surface area (Å²) in [7, 11) is 0. The standard InChI is InChI=1S/C17H17FN2O2/c18-13-8-6-12(7-9-13)15-5-1-2-11-20(15)17(22)14-4-3-10-19-16(14)21/h3-4,6-10,15H,1-2,5,11H2,(H,19,21)/t15-/m1/s1. The number of halogens is 1. The highest BCUT2D eigenvalue weighted by molar-refractivity contribution is 5.94. The lowest BCUT2D eigenvalue weighted by Crippen LogP contribution is -2.40. The van der Waals surface area contributed by atoms with Crippen molar-refractivity contribution < 1.29 is 9.18 Å². The number of nitrogens with one attached hydrogen (secondary N) is 1. The maximum Gasteiger partial charge on any atom is 0.260 e. The lowest BCUT2D eigenvalue weighted by molar-refractivity contribution is 0.0609. The summed E-state index contributed by atoms with van der Waals surface area (Å²) in [5.41, 5.74) is 0.675. The van der Waals surface area contributed by atoms with E-state index in [9.17, 15) is 14.0 Å². The average molecular weight is 300 g/mol. The van der Waals surface area contributed by atoms with E-state index < -0.39 is 0 Å². The van der Waals surface area contributed by atoms with Crippen LogP contribution in [0.25, 0.3) is 0 Å². The Morgan fingerprint density at radius 3 is 2.68 bits per heavy atom. The van der Waals surface area contributed by atoms with Gasteiger partial charge in [0.2, 0.25) is 0 Å². The maximum absolute atomic E-state index is 13.1. The maximum atomic E-state index is 13.1. The van der Waals surface area contributed by atoms with E-state index in [1.165, 1.54) is 24.4 Å². The Labute approximate surface area is 127 Å². The second kappa shape index (κ2) is 6.13. The van der Waals surface area contributed by atoms with Gasteiger partial charge in [0, 0.05) is 12.7 Å². The van der Waals surface area contributed by atoms with Gasteiger partial charge in [-0.05, 0) is 49.1 Å². The van der Waals surface area contributed by atoms with E-state index in [0.717, 1.165) is 24.8 Å². The van der Waals surface area contributed by atoms with E-state index >= 15 is 0 Å². The minimum atomic E-state index is -0.379. The highest BCUT2D eigenvalue weighted by Crippen LogP contribution is 2.31. The Morgan fingerprint density at radius 1 is 1.18 bits per heavy atom. The Hall–Kier alpha value is -2.43. The number of carbonyl (C=O) groups is 1. The number of likely N-dealkylation sites (tertiary alicyclic amines) is 1. The van der Waals surface area contributed by atoms with E-state index in [1.54, 1.807) is 23.1 Å². The predicted octanol–water partition coefficient (Wildman–Crippen LogP) is 2.88. The minimum Gasteiger partial charge on any atom is -0.331 e. The number of amides is 1. The molecular formula is C17H17FN2O2. The molecule has 1 aliphatic heterocycles. The molecule has 0 spiro atoms. The van der Waals surface area contributed by atoms with Gasteiger partial charge >= 0.3 is 0 Å². The molecule has 1 N–H and O–H groups in total. The van der Waals surface area contributed by atoms with Gasteiger partial charge in [0.25, 0.3) is 11.5 Å². The fourth-order valence-electron chi connectivity index (χ4n) is 2.95. The van der Waals surface area contributed by atoms with Crippen LogP contribution in [0.2, 0.25) is 0 Å². The number of H-pyrrole nitrogens is 1. The van der Waals surface area contributed by atoms with Crippen molar-refractivity contribution in [3.8, 4) is 0 Å². The smallest absolute Gasteiger partial charge is 0.260 e. The first kappa shape index (κ1) is 14.5. The van der Waals surface area contributed by atoms with Crippen molar-refractivity contribution in [1.82, 2.24) is 9.88 Å². The van der Waals surface area contributed by atoms with Gasteiger partial charge in [-0.1, -0.05) is 12.1 Å². The molecule has 4 nitrogen and oxygen atoms in total. The molecule has 3 rings (SSSR count). The van der Waals surface area contributed by atoms with E-state index in [0.29, 0.717) is 6.54 Å². The summed E-state index contributed by atoms with van der Waals surface area (Å²) in [5, 5.41) is 0. The molecule has 114 valence electrons. The third-order valence-electron chi connectivity index (χ3n) is 4.07. The molecule has 2 heterocycles. The predicted molar refractivity (Wildman–Crippen MR) is 81.1 cm³/mol. The molecule has 0 bridgehead atoms. The first-order chi connectivity index (χ1) is 10.7.